The van der Waals surface area contributed by atoms with Crippen molar-refractivity contribution < 1.29 is 23.9 Å². The molecule has 1 fully saturated rings. The Morgan fingerprint density at radius 1 is 1.07 bits per heavy atom. The van der Waals surface area contributed by atoms with E-state index in [0.717, 1.165) is 48.0 Å². The molecule has 5 heteroatoms. The quantitative estimate of drug-likeness (QED) is 0.272. The summed E-state index contributed by atoms with van der Waals surface area (Å²) >= 11 is 0. The summed E-state index contributed by atoms with van der Waals surface area (Å²) in [6.07, 6.45) is 6.56. The van der Waals surface area contributed by atoms with E-state index in [1.165, 1.54) is 30.7 Å². The van der Waals surface area contributed by atoms with E-state index in [9.17, 15) is 19.2 Å². The molecule has 0 spiro atoms. The second-order valence-electron chi connectivity index (χ2n) is 15.0. The predicted molar refractivity (Wildman–Crippen MR) is 165 cm³/mol. The average molecular weight is 573 g/mol. The molecule has 6 unspecified atom stereocenters. The number of methoxy groups -OCH3 is 1. The van der Waals surface area contributed by atoms with Crippen LogP contribution >= 0.6 is 0 Å². The standard InChI is InChI=1S/C37H48O5/c1-19(2)26-15-27(24-11-13-25(14-12-24)34(41)42-10)21(4)30-28(26)17-35(7)18-36(8)16-20(3)29(23(6)38)33(40)37(36,9)22(5)31(35)32(30)39/h13,15,19,22,24,31H,11-12,14,16-18H2,1-10H3. The van der Waals surface area contributed by atoms with Gasteiger partial charge in [-0.15, -0.1) is 0 Å². The van der Waals surface area contributed by atoms with Gasteiger partial charge in [0, 0.05) is 22.5 Å². The smallest absolute Gasteiger partial charge is 0.333 e. The molecular formula is C37H48O5. The minimum atomic E-state index is -0.796. The number of benzene rings is 1. The second kappa shape index (κ2) is 10.1. The van der Waals surface area contributed by atoms with Crippen LogP contribution < -0.4 is 0 Å². The van der Waals surface area contributed by atoms with Crippen LogP contribution in [0.25, 0.3) is 0 Å². The molecule has 6 atom stereocenters. The van der Waals surface area contributed by atoms with E-state index in [0.29, 0.717) is 18.4 Å². The van der Waals surface area contributed by atoms with E-state index in [-0.39, 0.29) is 57.8 Å². The largest absolute Gasteiger partial charge is 0.466 e. The van der Waals surface area contributed by atoms with Gasteiger partial charge in [0.25, 0.3) is 0 Å². The van der Waals surface area contributed by atoms with Gasteiger partial charge in [0.05, 0.1) is 12.7 Å². The zero-order valence-corrected chi connectivity index (χ0v) is 27.2. The molecule has 0 heterocycles. The monoisotopic (exact) mass is 572 g/mol. The van der Waals surface area contributed by atoms with E-state index in [1.807, 2.05) is 19.9 Å². The maximum atomic E-state index is 14.9. The molecule has 5 nitrogen and oxygen atoms in total. The molecule has 1 aromatic carbocycles. The van der Waals surface area contributed by atoms with Crippen LogP contribution in [-0.4, -0.2) is 30.4 Å². The van der Waals surface area contributed by atoms with Crippen LogP contribution in [0.3, 0.4) is 0 Å². The van der Waals surface area contributed by atoms with Crippen molar-refractivity contribution in [2.24, 2.45) is 28.1 Å². The fourth-order valence-electron chi connectivity index (χ4n) is 10.0. The van der Waals surface area contributed by atoms with Crippen molar-refractivity contribution in [1.82, 2.24) is 0 Å². The van der Waals surface area contributed by atoms with Crippen LogP contribution in [0.1, 0.15) is 132 Å². The first kappa shape index (κ1) is 30.6. The number of ketones is 3. The lowest BCUT2D eigenvalue weighted by atomic mass is 9.37. The van der Waals surface area contributed by atoms with Gasteiger partial charge in [-0.05, 0) is 110 Å². The van der Waals surface area contributed by atoms with Crippen LogP contribution in [0.15, 0.2) is 28.9 Å². The molecular weight excluding hydrogens is 524 g/mol. The van der Waals surface area contributed by atoms with E-state index in [4.69, 9.17) is 4.74 Å². The highest BCUT2D eigenvalue weighted by atomic mass is 16.5. The molecule has 0 amide bonds. The summed E-state index contributed by atoms with van der Waals surface area (Å²) in [7, 11) is 1.42. The first-order valence-electron chi connectivity index (χ1n) is 15.8. The molecule has 0 aliphatic heterocycles. The lowest BCUT2D eigenvalue weighted by molar-refractivity contribution is -0.159. The summed E-state index contributed by atoms with van der Waals surface area (Å²) in [4.78, 5) is 53.9. The molecule has 0 radical (unpaired) electrons. The van der Waals surface area contributed by atoms with Crippen molar-refractivity contribution in [1.29, 1.82) is 0 Å². The van der Waals surface area contributed by atoms with Gasteiger partial charge in [-0.1, -0.05) is 59.3 Å². The SMILES string of the molecule is COC(=O)C1=CCC(c2cc(C(C)C)c3c(c2C)C(=O)C2C(C)C4(C)C(=O)C(C(C)=O)=C(C)CC4(C)CC2(C)C3)CC1. The van der Waals surface area contributed by atoms with Crippen molar-refractivity contribution in [2.45, 2.75) is 113 Å². The molecule has 42 heavy (non-hydrogen) atoms. The third-order valence-corrected chi connectivity index (χ3v) is 12.1. The Balaban J connectivity index is 1.64. The van der Waals surface area contributed by atoms with Gasteiger partial charge in [-0.3, -0.25) is 14.4 Å². The second-order valence-corrected chi connectivity index (χ2v) is 15.0. The Hall–Kier alpha value is -2.82. The Morgan fingerprint density at radius 2 is 1.74 bits per heavy atom. The summed E-state index contributed by atoms with van der Waals surface area (Å²) in [5, 5.41) is 0. The molecule has 0 saturated heterocycles. The van der Waals surface area contributed by atoms with Crippen LogP contribution in [0.2, 0.25) is 0 Å². The summed E-state index contributed by atoms with van der Waals surface area (Å²) in [6, 6.07) is 2.35. The topological polar surface area (TPSA) is 77.5 Å². The van der Waals surface area contributed by atoms with E-state index >= 15 is 0 Å². The van der Waals surface area contributed by atoms with E-state index < -0.39 is 5.41 Å². The third kappa shape index (κ3) is 4.16. The third-order valence-electron chi connectivity index (χ3n) is 12.1. The van der Waals surface area contributed by atoms with Crippen molar-refractivity contribution >= 4 is 23.3 Å². The number of carbonyl (C=O) groups excluding carboxylic acids is 4. The number of hydrogen-bond donors (Lipinski definition) is 0. The van der Waals surface area contributed by atoms with E-state index in [2.05, 4.69) is 47.6 Å². The van der Waals surface area contributed by atoms with Gasteiger partial charge in [-0.2, -0.15) is 0 Å². The molecule has 1 saturated carbocycles. The first-order chi connectivity index (χ1) is 19.5. The number of allylic oxidation sites excluding steroid dienone is 3. The minimum Gasteiger partial charge on any atom is -0.466 e. The van der Waals surface area contributed by atoms with Crippen molar-refractivity contribution in [2.75, 3.05) is 7.11 Å². The molecule has 226 valence electrons. The number of Topliss-reactive ketones (excluding diaryl/α,β-unsaturated/α-hetero) is 3. The number of carbonyl (C=O) groups is 4. The van der Waals surface area contributed by atoms with Crippen LogP contribution in [0.5, 0.6) is 0 Å². The Labute approximate surface area is 251 Å². The van der Waals surface area contributed by atoms with Crippen molar-refractivity contribution in [3.63, 3.8) is 0 Å². The highest BCUT2D eigenvalue weighted by Gasteiger charge is 2.67. The molecule has 0 N–H and O–H groups in total. The number of fused-ring (bicyclic) bond motifs is 3. The first-order valence-corrected chi connectivity index (χ1v) is 15.8. The Bertz CT molecular complexity index is 1470. The molecule has 0 aromatic heterocycles. The minimum absolute atomic E-state index is 0.0712. The summed E-state index contributed by atoms with van der Waals surface area (Å²) in [5.74, 6) is -0.336. The fourth-order valence-corrected chi connectivity index (χ4v) is 10.0. The average Bonchev–Trinajstić information content (AvgIpc) is 2.90. The zero-order chi connectivity index (χ0) is 31.1. The van der Waals surface area contributed by atoms with Gasteiger partial charge in [0.15, 0.2) is 17.3 Å². The van der Waals surface area contributed by atoms with Gasteiger partial charge in [0.2, 0.25) is 0 Å². The van der Waals surface area contributed by atoms with Gasteiger partial charge in [0.1, 0.15) is 0 Å². The van der Waals surface area contributed by atoms with E-state index in [1.54, 1.807) is 0 Å². The number of rotatable bonds is 4. The van der Waals surface area contributed by atoms with Crippen LogP contribution in [0.4, 0.5) is 0 Å². The molecule has 4 aliphatic rings. The van der Waals surface area contributed by atoms with Crippen molar-refractivity contribution in [3.05, 3.63) is 56.7 Å². The highest BCUT2D eigenvalue weighted by molar-refractivity contribution is 6.23. The number of esters is 1. The molecule has 4 aliphatic carbocycles. The lowest BCUT2D eigenvalue weighted by Crippen LogP contribution is -2.64. The molecule has 1 aromatic rings. The predicted octanol–water partition coefficient (Wildman–Crippen LogP) is 7.78. The number of hydrogen-bond acceptors (Lipinski definition) is 5. The maximum Gasteiger partial charge on any atom is 0.333 e. The van der Waals surface area contributed by atoms with Gasteiger partial charge >= 0.3 is 5.97 Å². The van der Waals surface area contributed by atoms with Crippen LogP contribution in [-0.2, 0) is 25.5 Å². The van der Waals surface area contributed by atoms with Gasteiger partial charge < -0.3 is 4.74 Å². The summed E-state index contributed by atoms with van der Waals surface area (Å²) in [5.41, 5.74) is 6.13. The maximum absolute atomic E-state index is 14.9. The zero-order valence-electron chi connectivity index (χ0n) is 27.2. The van der Waals surface area contributed by atoms with Crippen LogP contribution in [0, 0.1) is 35.0 Å². The van der Waals surface area contributed by atoms with Crippen molar-refractivity contribution in [3.8, 4) is 0 Å². The lowest BCUT2D eigenvalue weighted by Gasteiger charge is -2.64. The Morgan fingerprint density at radius 3 is 2.29 bits per heavy atom. The molecule has 5 rings (SSSR count). The number of ether oxygens (including phenoxy) is 1. The fraction of sp³-hybridized carbons (Fsp3) is 0.622. The summed E-state index contributed by atoms with van der Waals surface area (Å²) < 4.78 is 4.95. The molecule has 0 bridgehead atoms. The normalized spacial score (nSPS) is 34.5. The highest BCUT2D eigenvalue weighted by Crippen LogP contribution is 2.68. The van der Waals surface area contributed by atoms with Gasteiger partial charge in [-0.25, -0.2) is 4.79 Å². The Kier molecular flexibility index (Phi) is 7.39. The summed E-state index contributed by atoms with van der Waals surface area (Å²) in [6.45, 7) is 18.6.